The van der Waals surface area contributed by atoms with Gasteiger partial charge < -0.3 is 10.6 Å². The topological polar surface area (TPSA) is 24.1 Å². The number of hydrogen-bond donors (Lipinski definition) is 2. The van der Waals surface area contributed by atoms with Crippen LogP contribution in [0.15, 0.2) is 48.5 Å². The lowest BCUT2D eigenvalue weighted by atomic mass is 10.1. The zero-order chi connectivity index (χ0) is 17.6. The Morgan fingerprint density at radius 1 is 1.04 bits per heavy atom. The Bertz CT molecular complexity index is 681. The van der Waals surface area contributed by atoms with Crippen molar-refractivity contribution in [1.29, 1.82) is 0 Å². The highest BCUT2D eigenvalue weighted by molar-refractivity contribution is 7.80. The van der Waals surface area contributed by atoms with Crippen LogP contribution in [-0.2, 0) is 19.0 Å². The van der Waals surface area contributed by atoms with Crippen LogP contribution in [0.5, 0.6) is 0 Å². The highest BCUT2D eigenvalue weighted by Crippen LogP contribution is 2.29. The Hall–Kier alpha value is -2.08. The molecule has 2 rings (SSSR count). The minimum atomic E-state index is -4.30. The first-order valence-corrected chi connectivity index (χ1v) is 8.10. The van der Waals surface area contributed by atoms with E-state index in [2.05, 4.69) is 17.6 Å². The number of nitrogens with one attached hydrogen (secondary N) is 2. The van der Waals surface area contributed by atoms with Crippen LogP contribution in [0.2, 0.25) is 0 Å². The molecule has 0 aliphatic heterocycles. The third-order valence-electron chi connectivity index (χ3n) is 3.63. The van der Waals surface area contributed by atoms with E-state index in [1.807, 2.05) is 24.3 Å². The van der Waals surface area contributed by atoms with Crippen molar-refractivity contribution in [3.63, 3.8) is 0 Å². The summed E-state index contributed by atoms with van der Waals surface area (Å²) in [5.41, 5.74) is 2.33. The second-order valence-electron chi connectivity index (χ2n) is 5.34. The van der Waals surface area contributed by atoms with Crippen LogP contribution in [-0.4, -0.2) is 11.7 Å². The lowest BCUT2D eigenvalue weighted by Gasteiger charge is -2.13. The van der Waals surface area contributed by atoms with Gasteiger partial charge in [-0.1, -0.05) is 37.3 Å². The maximum atomic E-state index is 12.5. The SMILES string of the molecule is CCc1ccccc1NC(=S)NCCc1ccc(C(F)(F)F)cc1. The molecule has 0 aliphatic carbocycles. The first kappa shape index (κ1) is 18.3. The van der Waals surface area contributed by atoms with Crippen molar-refractivity contribution in [3.8, 4) is 0 Å². The van der Waals surface area contributed by atoms with E-state index in [1.165, 1.54) is 17.7 Å². The summed E-state index contributed by atoms with van der Waals surface area (Å²) in [5, 5.41) is 6.72. The molecular weight excluding hydrogens is 333 g/mol. The maximum Gasteiger partial charge on any atom is 0.416 e. The molecule has 24 heavy (non-hydrogen) atoms. The number of hydrogen-bond acceptors (Lipinski definition) is 1. The highest BCUT2D eigenvalue weighted by Gasteiger charge is 2.29. The van der Waals surface area contributed by atoms with E-state index in [1.54, 1.807) is 0 Å². The number of thiocarbonyl (C=S) groups is 1. The van der Waals surface area contributed by atoms with Crippen LogP contribution in [0.25, 0.3) is 0 Å². The van der Waals surface area contributed by atoms with Gasteiger partial charge in [0.25, 0.3) is 0 Å². The Kier molecular flexibility index (Phi) is 6.20. The van der Waals surface area contributed by atoms with Gasteiger partial charge in [-0.15, -0.1) is 0 Å². The zero-order valence-corrected chi connectivity index (χ0v) is 14.1. The number of para-hydroxylation sites is 1. The van der Waals surface area contributed by atoms with Gasteiger partial charge in [0.15, 0.2) is 5.11 Å². The Morgan fingerprint density at radius 3 is 2.33 bits per heavy atom. The summed E-state index contributed by atoms with van der Waals surface area (Å²) in [5.74, 6) is 0. The maximum absolute atomic E-state index is 12.5. The van der Waals surface area contributed by atoms with Gasteiger partial charge in [0.2, 0.25) is 0 Å². The van der Waals surface area contributed by atoms with Crippen LogP contribution >= 0.6 is 12.2 Å². The molecule has 0 saturated carbocycles. The Labute approximate surface area is 145 Å². The highest BCUT2D eigenvalue weighted by atomic mass is 32.1. The third-order valence-corrected chi connectivity index (χ3v) is 3.87. The number of aryl methyl sites for hydroxylation is 1. The minimum Gasteiger partial charge on any atom is -0.362 e. The molecule has 0 heterocycles. The lowest BCUT2D eigenvalue weighted by molar-refractivity contribution is -0.137. The van der Waals surface area contributed by atoms with Crippen molar-refractivity contribution < 1.29 is 13.2 Å². The molecule has 0 saturated heterocycles. The molecule has 0 unspecified atom stereocenters. The van der Waals surface area contributed by atoms with Gasteiger partial charge in [-0.05, 0) is 54.4 Å². The van der Waals surface area contributed by atoms with Crippen LogP contribution in [0, 0.1) is 0 Å². The van der Waals surface area contributed by atoms with Crippen LogP contribution in [0.1, 0.15) is 23.6 Å². The number of benzene rings is 2. The molecule has 0 spiro atoms. The van der Waals surface area contributed by atoms with E-state index < -0.39 is 11.7 Å². The molecule has 0 aliphatic rings. The second kappa shape index (κ2) is 8.15. The first-order valence-electron chi connectivity index (χ1n) is 7.69. The average molecular weight is 352 g/mol. The smallest absolute Gasteiger partial charge is 0.362 e. The molecule has 0 fully saturated rings. The molecule has 0 radical (unpaired) electrons. The van der Waals surface area contributed by atoms with Crippen LogP contribution < -0.4 is 10.6 Å². The van der Waals surface area contributed by atoms with E-state index in [0.29, 0.717) is 18.1 Å². The molecule has 2 aromatic rings. The summed E-state index contributed by atoms with van der Waals surface area (Å²) in [4.78, 5) is 0. The fourth-order valence-electron chi connectivity index (χ4n) is 2.30. The second-order valence-corrected chi connectivity index (χ2v) is 5.74. The fourth-order valence-corrected chi connectivity index (χ4v) is 2.51. The van der Waals surface area contributed by atoms with Crippen LogP contribution in [0.4, 0.5) is 18.9 Å². The molecule has 2 N–H and O–H groups in total. The van der Waals surface area contributed by atoms with Crippen molar-refractivity contribution in [2.24, 2.45) is 0 Å². The number of alkyl halides is 3. The first-order chi connectivity index (χ1) is 11.4. The molecule has 2 aromatic carbocycles. The normalized spacial score (nSPS) is 11.2. The van der Waals surface area contributed by atoms with Gasteiger partial charge in [0, 0.05) is 12.2 Å². The summed E-state index contributed by atoms with van der Waals surface area (Å²) in [6.45, 7) is 2.62. The van der Waals surface area contributed by atoms with Gasteiger partial charge >= 0.3 is 6.18 Å². The van der Waals surface area contributed by atoms with E-state index in [-0.39, 0.29) is 0 Å². The van der Waals surface area contributed by atoms with Crippen molar-refractivity contribution in [2.75, 3.05) is 11.9 Å². The van der Waals surface area contributed by atoms with E-state index in [9.17, 15) is 13.2 Å². The average Bonchev–Trinajstić information content (AvgIpc) is 2.55. The molecule has 2 nitrogen and oxygen atoms in total. The molecular formula is C18H19F3N2S. The standard InChI is InChI=1S/C18H19F3N2S/c1-2-14-5-3-4-6-16(14)23-17(24)22-12-11-13-7-9-15(10-8-13)18(19,20)21/h3-10H,2,11-12H2,1H3,(H2,22,23,24). The Morgan fingerprint density at radius 2 is 1.71 bits per heavy atom. The lowest BCUT2D eigenvalue weighted by Crippen LogP contribution is -2.30. The minimum absolute atomic E-state index is 0.503. The molecule has 128 valence electrons. The summed E-state index contributed by atoms with van der Waals surface area (Å²) in [6.07, 6.45) is -2.80. The van der Waals surface area contributed by atoms with E-state index in [4.69, 9.17) is 12.2 Å². The number of rotatable bonds is 5. The predicted octanol–water partition coefficient (Wildman–Crippen LogP) is 4.80. The monoisotopic (exact) mass is 352 g/mol. The van der Waals surface area contributed by atoms with Gasteiger partial charge in [0.05, 0.1) is 5.56 Å². The van der Waals surface area contributed by atoms with E-state index in [0.717, 1.165) is 29.8 Å². The molecule has 0 amide bonds. The van der Waals surface area contributed by atoms with Crippen molar-refractivity contribution >= 4 is 23.0 Å². The largest absolute Gasteiger partial charge is 0.416 e. The fraction of sp³-hybridized carbons (Fsp3) is 0.278. The molecule has 0 bridgehead atoms. The summed E-state index contributed by atoms with van der Waals surface area (Å²) < 4.78 is 37.5. The number of anilines is 1. The molecule has 6 heteroatoms. The van der Waals surface area contributed by atoms with Gasteiger partial charge in [-0.25, -0.2) is 0 Å². The van der Waals surface area contributed by atoms with Crippen molar-refractivity contribution in [2.45, 2.75) is 25.9 Å². The molecule has 0 aromatic heterocycles. The summed E-state index contributed by atoms with van der Waals surface area (Å²) in [7, 11) is 0. The Balaban J connectivity index is 1.82. The van der Waals surface area contributed by atoms with Gasteiger partial charge in [-0.3, -0.25) is 0 Å². The quantitative estimate of drug-likeness (QED) is 0.756. The van der Waals surface area contributed by atoms with Gasteiger partial charge in [-0.2, -0.15) is 13.2 Å². The number of halogens is 3. The molecule has 0 atom stereocenters. The van der Waals surface area contributed by atoms with Gasteiger partial charge in [0.1, 0.15) is 0 Å². The van der Waals surface area contributed by atoms with E-state index >= 15 is 0 Å². The van der Waals surface area contributed by atoms with Crippen LogP contribution in [0.3, 0.4) is 0 Å². The zero-order valence-electron chi connectivity index (χ0n) is 13.3. The van der Waals surface area contributed by atoms with Crippen molar-refractivity contribution in [1.82, 2.24) is 5.32 Å². The summed E-state index contributed by atoms with van der Waals surface area (Å²) in [6, 6.07) is 13.1. The third kappa shape index (κ3) is 5.23. The predicted molar refractivity (Wildman–Crippen MR) is 95.2 cm³/mol. The van der Waals surface area contributed by atoms with Crippen molar-refractivity contribution in [3.05, 3.63) is 65.2 Å². The summed E-state index contributed by atoms with van der Waals surface area (Å²) >= 11 is 5.26.